The molecule has 0 radical (unpaired) electrons. The Hall–Kier alpha value is -6.15. The number of amides is 2. The molecule has 2 aliphatic rings. The van der Waals surface area contributed by atoms with Crippen LogP contribution in [0, 0.1) is 5.82 Å². The van der Waals surface area contributed by atoms with Crippen LogP contribution in [0.4, 0.5) is 14.0 Å². The minimum Gasteiger partial charge on any atom is -0.465 e. The Morgan fingerprint density at radius 1 is 0.667 bits per heavy atom. The minimum absolute atomic E-state index is 0.0566. The lowest BCUT2D eigenvalue weighted by Gasteiger charge is -2.38. The number of benzene rings is 4. The number of hydrogen-bond donors (Lipinski definition) is 4. The van der Waals surface area contributed by atoms with E-state index in [0.717, 1.165) is 47.1 Å². The molecule has 2 fully saturated rings. The lowest BCUT2D eigenvalue weighted by atomic mass is 9.93. The summed E-state index contributed by atoms with van der Waals surface area (Å²) in [5, 5.41) is 18.8. The van der Waals surface area contributed by atoms with Crippen LogP contribution in [0.15, 0.2) is 113 Å². The molecule has 4 heterocycles. The van der Waals surface area contributed by atoms with Crippen molar-refractivity contribution in [3.05, 3.63) is 141 Å². The number of aromatic nitrogens is 4. The fourth-order valence-corrected chi connectivity index (χ4v) is 8.43. The van der Waals surface area contributed by atoms with Crippen molar-refractivity contribution >= 4 is 34.3 Å². The van der Waals surface area contributed by atoms with Gasteiger partial charge in [-0.25, -0.2) is 23.6 Å². The largest absolute Gasteiger partial charge is 0.465 e. The van der Waals surface area contributed by atoms with Crippen LogP contribution in [0.3, 0.4) is 0 Å². The van der Waals surface area contributed by atoms with E-state index in [1.807, 2.05) is 78.9 Å². The quantitative estimate of drug-likeness (QED) is 0.114. The number of carbonyl (C=O) groups is 2. The van der Waals surface area contributed by atoms with Crippen molar-refractivity contribution in [2.24, 2.45) is 0 Å². The van der Waals surface area contributed by atoms with E-state index in [1.54, 1.807) is 9.13 Å². The van der Waals surface area contributed by atoms with Crippen LogP contribution in [-0.4, -0.2) is 88.4 Å². The molecule has 2 aromatic heterocycles. The third-order valence-corrected chi connectivity index (χ3v) is 11.2. The van der Waals surface area contributed by atoms with Crippen LogP contribution in [0.1, 0.15) is 61.7 Å². The van der Waals surface area contributed by atoms with Crippen LogP contribution in [0.2, 0.25) is 0 Å². The highest BCUT2D eigenvalue weighted by Gasteiger charge is 2.33. The molecule has 298 valence electrons. The number of aromatic amines is 2. The molecule has 13 nitrogen and oxygen atoms in total. The Balaban J connectivity index is 0.000000218. The molecule has 0 aliphatic carbocycles. The van der Waals surface area contributed by atoms with Gasteiger partial charge in [0.25, 0.3) is 0 Å². The van der Waals surface area contributed by atoms with E-state index < -0.39 is 12.2 Å². The Morgan fingerprint density at radius 3 is 1.77 bits per heavy atom. The second-order valence-electron chi connectivity index (χ2n) is 14.9. The molecule has 57 heavy (non-hydrogen) atoms. The maximum atomic E-state index is 13.4. The number of fused-ring (bicyclic) bond motifs is 2. The van der Waals surface area contributed by atoms with Gasteiger partial charge in [0.05, 0.1) is 22.1 Å². The number of carboxylic acid groups (broad SMARTS) is 2. The zero-order valence-electron chi connectivity index (χ0n) is 31.7. The first-order chi connectivity index (χ1) is 27.6. The molecule has 4 aromatic carbocycles. The molecule has 0 saturated carbocycles. The molecule has 14 heteroatoms. The molecular weight excluding hydrogens is 730 g/mol. The summed E-state index contributed by atoms with van der Waals surface area (Å²) in [5.41, 5.74) is 5.34. The monoisotopic (exact) mass is 777 g/mol. The van der Waals surface area contributed by atoms with Gasteiger partial charge in [-0.1, -0.05) is 66.7 Å². The fourth-order valence-electron chi connectivity index (χ4n) is 8.43. The average molecular weight is 778 g/mol. The molecule has 8 rings (SSSR count). The number of nitrogens with one attached hydrogen (secondary N) is 2. The van der Waals surface area contributed by atoms with Gasteiger partial charge in [-0.05, 0) is 92.6 Å². The zero-order chi connectivity index (χ0) is 39.9. The Kier molecular flexibility index (Phi) is 12.2. The van der Waals surface area contributed by atoms with Crippen molar-refractivity contribution < 1.29 is 24.2 Å². The van der Waals surface area contributed by atoms with Gasteiger partial charge in [-0.2, -0.15) is 0 Å². The number of imidazole rings is 2. The first kappa shape index (κ1) is 39.1. The molecule has 0 spiro atoms. The van der Waals surface area contributed by atoms with E-state index in [4.69, 9.17) is 5.11 Å². The molecule has 2 saturated heterocycles. The number of rotatable bonds is 10. The molecule has 1 unspecified atom stereocenters. The van der Waals surface area contributed by atoms with Crippen LogP contribution in [0.5, 0.6) is 0 Å². The second kappa shape index (κ2) is 17.8. The van der Waals surface area contributed by atoms with Crippen LogP contribution >= 0.6 is 0 Å². The highest BCUT2D eigenvalue weighted by molar-refractivity contribution is 5.76. The molecule has 0 bridgehead atoms. The maximum absolute atomic E-state index is 13.4. The summed E-state index contributed by atoms with van der Waals surface area (Å²) >= 11 is 0. The SMILES string of the molecule is O=C(O)N1CCC(n2c(=O)[nH]c3ccccc32)CC1.O=C(O)N1CCC(n2c(=O)[nH]c3ccccc32)C[C@@H]1CCCN(Cc1ccccc1)Cc1ccc(F)cc1. The highest BCUT2D eigenvalue weighted by Crippen LogP contribution is 2.31. The molecule has 2 atom stereocenters. The van der Waals surface area contributed by atoms with E-state index in [0.29, 0.717) is 58.3 Å². The summed E-state index contributed by atoms with van der Waals surface area (Å²) in [6.45, 7) is 3.56. The van der Waals surface area contributed by atoms with Crippen LogP contribution in [0.25, 0.3) is 22.1 Å². The van der Waals surface area contributed by atoms with E-state index in [1.165, 1.54) is 27.5 Å². The van der Waals surface area contributed by atoms with Gasteiger partial charge in [0.2, 0.25) is 0 Å². The normalized spacial score (nSPS) is 17.5. The van der Waals surface area contributed by atoms with E-state index in [9.17, 15) is 28.7 Å². The van der Waals surface area contributed by atoms with Crippen molar-refractivity contribution in [1.82, 2.24) is 33.8 Å². The Morgan fingerprint density at radius 2 is 1.19 bits per heavy atom. The number of piperidine rings is 2. The van der Waals surface area contributed by atoms with Crippen molar-refractivity contribution in [3.8, 4) is 0 Å². The van der Waals surface area contributed by atoms with Crippen molar-refractivity contribution in [2.75, 3.05) is 26.2 Å². The summed E-state index contributed by atoms with van der Waals surface area (Å²) in [6.07, 6.45) is 2.27. The van der Waals surface area contributed by atoms with Gasteiger partial charge < -0.3 is 30.0 Å². The van der Waals surface area contributed by atoms with Gasteiger partial charge in [-0.15, -0.1) is 0 Å². The lowest BCUT2D eigenvalue weighted by molar-refractivity contribution is 0.0853. The van der Waals surface area contributed by atoms with Crippen LogP contribution in [-0.2, 0) is 13.1 Å². The van der Waals surface area contributed by atoms with E-state index >= 15 is 0 Å². The third-order valence-electron chi connectivity index (χ3n) is 11.2. The van der Waals surface area contributed by atoms with Gasteiger partial charge in [0, 0.05) is 50.8 Å². The number of H-pyrrole nitrogens is 2. The number of para-hydroxylation sites is 4. The van der Waals surface area contributed by atoms with Gasteiger partial charge >= 0.3 is 23.6 Å². The van der Waals surface area contributed by atoms with Gasteiger partial charge in [0.15, 0.2) is 0 Å². The topological polar surface area (TPSA) is 160 Å². The Labute approximate surface area is 328 Å². The molecule has 4 N–H and O–H groups in total. The lowest BCUT2D eigenvalue weighted by Crippen LogP contribution is -2.47. The first-order valence-corrected chi connectivity index (χ1v) is 19.5. The predicted molar refractivity (Wildman–Crippen MR) is 216 cm³/mol. The number of hydrogen-bond acceptors (Lipinski definition) is 5. The number of likely N-dealkylation sites (tertiary alicyclic amines) is 2. The first-order valence-electron chi connectivity index (χ1n) is 19.5. The highest BCUT2D eigenvalue weighted by atomic mass is 19.1. The summed E-state index contributed by atoms with van der Waals surface area (Å²) in [5.74, 6) is -0.252. The summed E-state index contributed by atoms with van der Waals surface area (Å²) in [7, 11) is 0. The third kappa shape index (κ3) is 9.29. The standard InChI is InChI=1S/C30H33FN4O3.C13H15N3O3/c31-24-14-12-23(13-15-24)21-33(20-22-7-2-1-3-8-22)17-6-9-25-19-26(16-18-34(25)30(37)38)35-28-11-5-4-10-27(28)32-29(35)36;17-12-14-10-3-1-2-4-11(10)16(12)9-5-7-15(8-6-9)13(18)19/h1-5,7-8,10-15,25-26H,6,9,16-21H2,(H,32,36)(H,37,38);1-4,9H,5-8H2,(H,14,17)(H,18,19)/t25-,26?;/m0./s1. The van der Waals surface area contributed by atoms with Gasteiger partial charge in [-0.3, -0.25) is 14.0 Å². The van der Waals surface area contributed by atoms with Gasteiger partial charge in [0.1, 0.15) is 5.82 Å². The molecule has 6 aromatic rings. The molecular formula is C43H48FN7O6. The Bertz CT molecular complexity index is 2400. The minimum atomic E-state index is -0.910. The second-order valence-corrected chi connectivity index (χ2v) is 14.9. The molecule has 2 aliphatic heterocycles. The van der Waals surface area contributed by atoms with Crippen molar-refractivity contribution in [3.63, 3.8) is 0 Å². The van der Waals surface area contributed by atoms with Crippen molar-refractivity contribution in [2.45, 2.75) is 69.7 Å². The maximum Gasteiger partial charge on any atom is 0.407 e. The fraction of sp³-hybridized carbons (Fsp3) is 0.349. The summed E-state index contributed by atoms with van der Waals surface area (Å²) < 4.78 is 17.0. The number of halogens is 1. The smallest absolute Gasteiger partial charge is 0.407 e. The average Bonchev–Trinajstić information content (AvgIpc) is 3.74. The molecule has 2 amide bonds. The van der Waals surface area contributed by atoms with Crippen molar-refractivity contribution in [1.29, 1.82) is 0 Å². The number of nitrogens with zero attached hydrogens (tertiary/aromatic N) is 5. The van der Waals surface area contributed by atoms with Crippen LogP contribution < -0.4 is 11.4 Å². The zero-order valence-corrected chi connectivity index (χ0v) is 31.7. The summed E-state index contributed by atoms with van der Waals surface area (Å²) in [4.78, 5) is 58.8. The summed E-state index contributed by atoms with van der Waals surface area (Å²) in [6, 6.07) is 31.8. The predicted octanol–water partition coefficient (Wildman–Crippen LogP) is 7.28. The van der Waals surface area contributed by atoms with E-state index in [-0.39, 0.29) is 35.3 Å². The van der Waals surface area contributed by atoms with E-state index in [2.05, 4.69) is 27.0 Å².